The number of hydrogen-bond donors (Lipinski definition) is 1. The first kappa shape index (κ1) is 15.2. The van der Waals surface area contributed by atoms with E-state index in [1.165, 1.54) is 5.69 Å². The van der Waals surface area contributed by atoms with E-state index in [1.807, 2.05) is 24.3 Å². The van der Waals surface area contributed by atoms with Crippen molar-refractivity contribution in [3.63, 3.8) is 0 Å². The maximum Gasteiger partial charge on any atom is 0.136 e. The Morgan fingerprint density at radius 1 is 0.750 bits per heavy atom. The summed E-state index contributed by atoms with van der Waals surface area (Å²) in [7, 11) is 0. The third kappa shape index (κ3) is 2.65. The Kier molecular flexibility index (Phi) is 3.95. The van der Waals surface area contributed by atoms with E-state index in [1.54, 1.807) is 6.07 Å². The highest BCUT2D eigenvalue weighted by molar-refractivity contribution is 6.37. The van der Waals surface area contributed by atoms with E-state index in [-0.39, 0.29) is 5.75 Å². The van der Waals surface area contributed by atoms with Crippen LogP contribution in [-0.2, 0) is 0 Å². The number of phenols is 1. The normalized spacial score (nSPS) is 15.0. The first-order chi connectivity index (χ1) is 11.7. The number of anilines is 2. The molecule has 4 heteroatoms. The maximum atomic E-state index is 10.2. The summed E-state index contributed by atoms with van der Waals surface area (Å²) < 4.78 is 0. The van der Waals surface area contributed by atoms with Crippen LogP contribution in [0.1, 0.15) is 0 Å². The van der Waals surface area contributed by atoms with Gasteiger partial charge in [0.2, 0.25) is 0 Å². The highest BCUT2D eigenvalue weighted by atomic mass is 35.5. The number of hydrogen-bond acceptors (Lipinski definition) is 3. The number of para-hydroxylation sites is 1. The summed E-state index contributed by atoms with van der Waals surface area (Å²) >= 11 is 6.26. The molecule has 1 saturated heterocycles. The number of fused-ring (bicyclic) bond motifs is 1. The first-order valence-corrected chi connectivity index (χ1v) is 8.57. The van der Waals surface area contributed by atoms with E-state index in [9.17, 15) is 5.11 Å². The van der Waals surface area contributed by atoms with Gasteiger partial charge in [-0.05, 0) is 12.1 Å². The van der Waals surface area contributed by atoms with Crippen molar-refractivity contribution in [1.29, 1.82) is 0 Å². The Morgan fingerprint density at radius 3 is 2.04 bits per heavy atom. The van der Waals surface area contributed by atoms with E-state index < -0.39 is 0 Å². The van der Waals surface area contributed by atoms with Gasteiger partial charge in [0.15, 0.2) is 0 Å². The molecule has 0 unspecified atom stereocenters. The Morgan fingerprint density at radius 2 is 1.33 bits per heavy atom. The molecule has 0 aliphatic carbocycles. The molecule has 122 valence electrons. The topological polar surface area (TPSA) is 26.7 Å². The lowest BCUT2D eigenvalue weighted by atomic mass is 10.1. The predicted octanol–water partition coefficient (Wildman–Crippen LogP) is 4.53. The van der Waals surface area contributed by atoms with Crippen LogP contribution in [0.25, 0.3) is 10.8 Å². The van der Waals surface area contributed by atoms with Crippen LogP contribution in [0.5, 0.6) is 5.75 Å². The van der Waals surface area contributed by atoms with Crippen LogP contribution in [0.2, 0.25) is 5.02 Å². The van der Waals surface area contributed by atoms with Crippen LogP contribution in [-0.4, -0.2) is 31.3 Å². The van der Waals surface area contributed by atoms with Crippen molar-refractivity contribution in [1.82, 2.24) is 0 Å². The average molecular weight is 339 g/mol. The fraction of sp³-hybridized carbons (Fsp3) is 0.200. The minimum absolute atomic E-state index is 0.149. The molecule has 3 aromatic carbocycles. The van der Waals surface area contributed by atoms with Gasteiger partial charge in [0, 0.05) is 54.4 Å². The van der Waals surface area contributed by atoms with Crippen molar-refractivity contribution in [2.24, 2.45) is 0 Å². The molecule has 1 aliphatic rings. The lowest BCUT2D eigenvalue weighted by Crippen LogP contribution is -2.46. The van der Waals surface area contributed by atoms with Crippen LogP contribution in [0.4, 0.5) is 11.4 Å². The van der Waals surface area contributed by atoms with Gasteiger partial charge >= 0.3 is 0 Å². The molecular weight excluding hydrogens is 320 g/mol. The van der Waals surface area contributed by atoms with Crippen molar-refractivity contribution < 1.29 is 5.11 Å². The Balaban J connectivity index is 1.62. The summed E-state index contributed by atoms with van der Waals surface area (Å²) in [6.45, 7) is 3.75. The molecular formula is C20H19ClN2O. The molecule has 0 saturated carbocycles. The number of benzene rings is 3. The van der Waals surface area contributed by atoms with E-state index in [4.69, 9.17) is 11.6 Å². The molecule has 24 heavy (non-hydrogen) atoms. The molecule has 4 rings (SSSR count). The molecule has 1 fully saturated rings. The van der Waals surface area contributed by atoms with Gasteiger partial charge in [0.05, 0.1) is 5.02 Å². The summed E-state index contributed by atoms with van der Waals surface area (Å²) in [5, 5.41) is 12.6. The average Bonchev–Trinajstić information content (AvgIpc) is 2.66. The highest BCUT2D eigenvalue weighted by Gasteiger charge is 2.20. The smallest absolute Gasteiger partial charge is 0.136 e. The Hall–Kier alpha value is -2.39. The third-order valence-corrected chi connectivity index (χ3v) is 5.08. The van der Waals surface area contributed by atoms with Gasteiger partial charge in [0.25, 0.3) is 0 Å². The second-order valence-corrected chi connectivity index (χ2v) is 6.46. The van der Waals surface area contributed by atoms with Gasteiger partial charge in [-0.1, -0.05) is 54.1 Å². The fourth-order valence-corrected chi connectivity index (χ4v) is 3.63. The molecule has 1 N–H and O–H groups in total. The summed E-state index contributed by atoms with van der Waals surface area (Å²) in [6, 6.07) is 20.3. The van der Waals surface area contributed by atoms with Crippen LogP contribution < -0.4 is 9.80 Å². The highest BCUT2D eigenvalue weighted by Crippen LogP contribution is 2.39. The molecule has 0 aromatic heterocycles. The molecule has 0 amide bonds. The zero-order valence-electron chi connectivity index (χ0n) is 13.3. The van der Waals surface area contributed by atoms with Crippen molar-refractivity contribution in [2.45, 2.75) is 0 Å². The van der Waals surface area contributed by atoms with Crippen molar-refractivity contribution in [3.05, 3.63) is 65.7 Å². The lowest BCUT2D eigenvalue weighted by molar-refractivity contribution is 0.476. The van der Waals surface area contributed by atoms with Crippen molar-refractivity contribution in [3.8, 4) is 5.75 Å². The standard InChI is InChI=1S/C20H19ClN2O/c21-20-17-9-5-4-8-16(17)18(14-19(20)24)23-12-10-22(11-13-23)15-6-2-1-3-7-15/h1-9,14,24H,10-13H2. The molecule has 3 nitrogen and oxygen atoms in total. The molecule has 0 bridgehead atoms. The van der Waals surface area contributed by atoms with Gasteiger partial charge in [-0.3, -0.25) is 0 Å². The van der Waals surface area contributed by atoms with Crippen molar-refractivity contribution >= 4 is 33.7 Å². The molecule has 3 aromatic rings. The minimum atomic E-state index is 0.149. The molecule has 0 atom stereocenters. The lowest BCUT2D eigenvalue weighted by Gasteiger charge is -2.38. The van der Waals surface area contributed by atoms with E-state index in [0.717, 1.165) is 42.6 Å². The Bertz CT molecular complexity index is 858. The second-order valence-electron chi connectivity index (χ2n) is 6.08. The summed E-state index contributed by atoms with van der Waals surface area (Å²) in [4.78, 5) is 4.73. The van der Waals surface area contributed by atoms with Gasteiger partial charge in [-0.2, -0.15) is 0 Å². The first-order valence-electron chi connectivity index (χ1n) is 8.19. The maximum absolute atomic E-state index is 10.2. The summed E-state index contributed by atoms with van der Waals surface area (Å²) in [6.07, 6.45) is 0. The number of nitrogens with zero attached hydrogens (tertiary/aromatic N) is 2. The number of halogens is 1. The number of aromatic hydroxyl groups is 1. The summed E-state index contributed by atoms with van der Waals surface area (Å²) in [5.74, 6) is 0.149. The number of rotatable bonds is 2. The molecule has 1 aliphatic heterocycles. The van der Waals surface area contributed by atoms with Gasteiger partial charge in [-0.15, -0.1) is 0 Å². The zero-order valence-corrected chi connectivity index (χ0v) is 14.1. The second kappa shape index (κ2) is 6.25. The number of piperazine rings is 1. The predicted molar refractivity (Wildman–Crippen MR) is 101 cm³/mol. The van der Waals surface area contributed by atoms with Crippen molar-refractivity contribution in [2.75, 3.05) is 36.0 Å². The molecule has 1 heterocycles. The monoisotopic (exact) mass is 338 g/mol. The zero-order chi connectivity index (χ0) is 16.5. The molecule has 0 radical (unpaired) electrons. The minimum Gasteiger partial charge on any atom is -0.506 e. The van der Waals surface area contributed by atoms with Crippen LogP contribution >= 0.6 is 11.6 Å². The quantitative estimate of drug-likeness (QED) is 0.744. The Labute approximate surface area is 146 Å². The molecule has 0 spiro atoms. The largest absolute Gasteiger partial charge is 0.506 e. The van der Waals surface area contributed by atoms with E-state index in [0.29, 0.717) is 5.02 Å². The third-order valence-electron chi connectivity index (χ3n) is 4.68. The summed E-state index contributed by atoms with van der Waals surface area (Å²) in [5.41, 5.74) is 2.32. The van der Waals surface area contributed by atoms with Crippen LogP contribution in [0.3, 0.4) is 0 Å². The van der Waals surface area contributed by atoms with Gasteiger partial charge in [0.1, 0.15) is 5.75 Å². The van der Waals surface area contributed by atoms with Crippen LogP contribution in [0, 0.1) is 0 Å². The van der Waals surface area contributed by atoms with Gasteiger partial charge in [-0.25, -0.2) is 0 Å². The fourth-order valence-electron chi connectivity index (χ4n) is 3.41. The SMILES string of the molecule is Oc1cc(N2CCN(c3ccccc3)CC2)c2ccccc2c1Cl. The van der Waals surface area contributed by atoms with Gasteiger partial charge < -0.3 is 14.9 Å². The number of phenolic OH excluding ortho intramolecular Hbond substituents is 1. The van der Waals surface area contributed by atoms with E-state index in [2.05, 4.69) is 40.1 Å². The van der Waals surface area contributed by atoms with Crippen LogP contribution in [0.15, 0.2) is 60.7 Å². The van der Waals surface area contributed by atoms with E-state index >= 15 is 0 Å².